The number of para-hydroxylation sites is 2. The molecular weight excluding hydrogens is 382 g/mol. The lowest BCUT2D eigenvalue weighted by Crippen LogP contribution is -2.33. The van der Waals surface area contributed by atoms with Crippen molar-refractivity contribution in [2.45, 2.75) is 32.9 Å². The molecule has 0 radical (unpaired) electrons. The zero-order chi connectivity index (χ0) is 21.1. The number of aromatic nitrogens is 4. The second-order valence-corrected chi connectivity index (χ2v) is 7.03. The summed E-state index contributed by atoms with van der Waals surface area (Å²) in [7, 11) is 1.60. The quantitative estimate of drug-likeness (QED) is 0.510. The largest absolute Gasteiger partial charge is 0.497 e. The Labute approximate surface area is 173 Å². The molecule has 2 heterocycles. The monoisotopic (exact) mass is 405 g/mol. The third kappa shape index (κ3) is 3.63. The molecule has 0 aliphatic heterocycles. The molecule has 0 aliphatic rings. The lowest BCUT2D eigenvalue weighted by Gasteiger charge is -2.13. The van der Waals surface area contributed by atoms with Gasteiger partial charge in [-0.1, -0.05) is 31.2 Å². The Balaban J connectivity index is 1.65. The van der Waals surface area contributed by atoms with Crippen molar-refractivity contribution in [1.82, 2.24) is 24.5 Å². The Bertz CT molecular complexity index is 1270. The average Bonchev–Trinajstić information content (AvgIpc) is 3.20. The van der Waals surface area contributed by atoms with Crippen molar-refractivity contribution in [3.05, 3.63) is 70.3 Å². The van der Waals surface area contributed by atoms with E-state index in [9.17, 15) is 9.59 Å². The Hall–Kier alpha value is -3.68. The van der Waals surface area contributed by atoms with Crippen molar-refractivity contribution in [1.29, 1.82) is 0 Å². The minimum atomic E-state index is -0.333. The number of amides is 1. The van der Waals surface area contributed by atoms with Crippen molar-refractivity contribution in [3.63, 3.8) is 0 Å². The van der Waals surface area contributed by atoms with E-state index in [-0.39, 0.29) is 23.7 Å². The van der Waals surface area contributed by atoms with E-state index < -0.39 is 0 Å². The van der Waals surface area contributed by atoms with Crippen molar-refractivity contribution in [3.8, 4) is 5.75 Å². The number of rotatable bonds is 7. The molecule has 0 aliphatic carbocycles. The van der Waals surface area contributed by atoms with Crippen LogP contribution in [0, 0.1) is 0 Å². The van der Waals surface area contributed by atoms with Gasteiger partial charge in [-0.2, -0.15) is 0 Å². The summed E-state index contributed by atoms with van der Waals surface area (Å²) < 4.78 is 8.46. The molecule has 0 spiro atoms. The molecule has 0 fully saturated rings. The van der Waals surface area contributed by atoms with Crippen LogP contribution in [-0.2, 0) is 24.3 Å². The van der Waals surface area contributed by atoms with Gasteiger partial charge in [-0.05, 0) is 36.2 Å². The first-order valence-electron chi connectivity index (χ1n) is 9.87. The number of benzene rings is 2. The average molecular weight is 405 g/mol. The number of hydrogen-bond acceptors (Lipinski definition) is 5. The van der Waals surface area contributed by atoms with Gasteiger partial charge in [0.15, 0.2) is 0 Å². The number of methoxy groups -OCH3 is 1. The van der Waals surface area contributed by atoms with Crippen molar-refractivity contribution in [2.24, 2.45) is 0 Å². The standard InChI is InChI=1S/C22H23N5O3/c1-3-7-19-24-25-21-22(29)26(17-10-4-5-11-18(17)27(19)21)14-20(28)23-13-15-8-6-9-16(12-15)30-2/h4-6,8-12H,3,7,13-14H2,1-2H3,(H,23,28). The van der Waals surface area contributed by atoms with Crippen molar-refractivity contribution in [2.75, 3.05) is 7.11 Å². The molecule has 0 saturated heterocycles. The number of ether oxygens (including phenoxy) is 1. The Kier molecular flexibility index (Phi) is 5.47. The zero-order valence-corrected chi connectivity index (χ0v) is 17.0. The molecule has 2 aromatic carbocycles. The molecule has 4 aromatic rings. The minimum absolute atomic E-state index is 0.101. The summed E-state index contributed by atoms with van der Waals surface area (Å²) in [5.41, 5.74) is 2.29. The maximum atomic E-state index is 13.1. The topological polar surface area (TPSA) is 90.5 Å². The highest BCUT2D eigenvalue weighted by atomic mass is 16.5. The molecule has 1 amide bonds. The minimum Gasteiger partial charge on any atom is -0.497 e. The SMILES string of the molecule is CCCc1nnc2c(=O)n(CC(=O)NCc3cccc(OC)c3)c3ccccc3n12. The van der Waals surface area contributed by atoms with Crippen LogP contribution in [0.3, 0.4) is 0 Å². The highest BCUT2D eigenvalue weighted by molar-refractivity contribution is 5.82. The summed E-state index contributed by atoms with van der Waals surface area (Å²) in [6, 6.07) is 15.0. The van der Waals surface area contributed by atoms with E-state index in [1.54, 1.807) is 11.5 Å². The lowest BCUT2D eigenvalue weighted by molar-refractivity contribution is -0.121. The summed E-state index contributed by atoms with van der Waals surface area (Å²) >= 11 is 0. The van der Waals surface area contributed by atoms with Gasteiger partial charge in [0.25, 0.3) is 5.56 Å². The Morgan fingerprint density at radius 3 is 2.67 bits per heavy atom. The van der Waals surface area contributed by atoms with Crippen LogP contribution in [0.15, 0.2) is 53.3 Å². The van der Waals surface area contributed by atoms with Crippen LogP contribution < -0.4 is 15.6 Å². The number of hydrogen-bond donors (Lipinski definition) is 1. The van der Waals surface area contributed by atoms with E-state index in [1.165, 1.54) is 4.57 Å². The Morgan fingerprint density at radius 1 is 1.10 bits per heavy atom. The van der Waals surface area contributed by atoms with Gasteiger partial charge in [0.2, 0.25) is 11.6 Å². The number of nitrogens with one attached hydrogen (secondary N) is 1. The van der Waals surface area contributed by atoms with Crippen molar-refractivity contribution < 1.29 is 9.53 Å². The zero-order valence-electron chi connectivity index (χ0n) is 17.0. The smallest absolute Gasteiger partial charge is 0.297 e. The molecule has 0 saturated carbocycles. The van der Waals surface area contributed by atoms with Gasteiger partial charge in [-0.3, -0.25) is 18.6 Å². The van der Waals surface area contributed by atoms with E-state index in [4.69, 9.17) is 4.74 Å². The normalized spacial score (nSPS) is 11.1. The highest BCUT2D eigenvalue weighted by Crippen LogP contribution is 2.16. The second-order valence-electron chi connectivity index (χ2n) is 7.03. The predicted molar refractivity (Wildman–Crippen MR) is 114 cm³/mol. The predicted octanol–water partition coefficient (Wildman–Crippen LogP) is 2.32. The van der Waals surface area contributed by atoms with E-state index in [1.807, 2.05) is 48.5 Å². The number of nitrogens with zero attached hydrogens (tertiary/aromatic N) is 4. The van der Waals surface area contributed by atoms with Crippen LogP contribution in [0.2, 0.25) is 0 Å². The van der Waals surface area contributed by atoms with Crippen LogP contribution in [0.4, 0.5) is 0 Å². The lowest BCUT2D eigenvalue weighted by atomic mass is 10.2. The molecule has 154 valence electrons. The molecule has 0 atom stereocenters. The van der Waals surface area contributed by atoms with Crippen LogP contribution >= 0.6 is 0 Å². The second kappa shape index (κ2) is 8.36. The molecule has 4 rings (SSSR count). The van der Waals surface area contributed by atoms with Crippen LogP contribution in [0.5, 0.6) is 5.75 Å². The van der Waals surface area contributed by atoms with E-state index >= 15 is 0 Å². The van der Waals surface area contributed by atoms with Gasteiger partial charge in [-0.15, -0.1) is 10.2 Å². The third-order valence-corrected chi connectivity index (χ3v) is 4.98. The maximum absolute atomic E-state index is 13.1. The van der Waals surface area contributed by atoms with E-state index in [0.717, 1.165) is 35.5 Å². The maximum Gasteiger partial charge on any atom is 0.297 e. The first-order valence-corrected chi connectivity index (χ1v) is 9.87. The van der Waals surface area contributed by atoms with Gasteiger partial charge in [-0.25, -0.2) is 0 Å². The van der Waals surface area contributed by atoms with Gasteiger partial charge in [0.1, 0.15) is 18.1 Å². The third-order valence-electron chi connectivity index (χ3n) is 4.98. The molecule has 0 unspecified atom stereocenters. The molecule has 8 heteroatoms. The summed E-state index contributed by atoms with van der Waals surface area (Å²) in [6.07, 6.45) is 1.61. The number of carbonyl (C=O) groups excluding carboxylic acids is 1. The highest BCUT2D eigenvalue weighted by Gasteiger charge is 2.17. The fourth-order valence-electron chi connectivity index (χ4n) is 3.54. The first-order chi connectivity index (χ1) is 14.6. The first kappa shape index (κ1) is 19.6. The van der Waals surface area contributed by atoms with Crippen LogP contribution in [0.1, 0.15) is 24.7 Å². The molecule has 2 aromatic heterocycles. The number of carbonyl (C=O) groups is 1. The van der Waals surface area contributed by atoms with Gasteiger partial charge < -0.3 is 10.1 Å². The summed E-state index contributed by atoms with van der Waals surface area (Å²) in [5, 5.41) is 11.2. The number of aryl methyl sites for hydroxylation is 1. The van der Waals surface area contributed by atoms with Gasteiger partial charge in [0.05, 0.1) is 18.1 Å². The van der Waals surface area contributed by atoms with E-state index in [0.29, 0.717) is 12.1 Å². The van der Waals surface area contributed by atoms with Gasteiger partial charge in [0, 0.05) is 13.0 Å². The Morgan fingerprint density at radius 2 is 1.90 bits per heavy atom. The summed E-state index contributed by atoms with van der Waals surface area (Å²) in [6.45, 7) is 2.30. The number of fused-ring (bicyclic) bond motifs is 3. The van der Waals surface area contributed by atoms with Crippen molar-refractivity contribution >= 4 is 22.6 Å². The fourth-order valence-corrected chi connectivity index (χ4v) is 3.54. The molecule has 0 bridgehead atoms. The van der Waals surface area contributed by atoms with Crippen LogP contribution in [-0.4, -0.2) is 32.2 Å². The molecule has 8 nitrogen and oxygen atoms in total. The van der Waals surface area contributed by atoms with Crippen LogP contribution in [0.25, 0.3) is 16.7 Å². The van der Waals surface area contributed by atoms with Gasteiger partial charge >= 0.3 is 0 Å². The van der Waals surface area contributed by atoms with E-state index in [2.05, 4.69) is 22.4 Å². The summed E-state index contributed by atoms with van der Waals surface area (Å²) in [5.74, 6) is 1.21. The molecule has 1 N–H and O–H groups in total. The molecular formula is C22H23N5O3. The fraction of sp³-hybridized carbons (Fsp3) is 0.273. The summed E-state index contributed by atoms with van der Waals surface area (Å²) in [4.78, 5) is 25.7. The molecule has 30 heavy (non-hydrogen) atoms.